The number of fused-ring (bicyclic) bond motifs is 1. The van der Waals surface area contributed by atoms with Gasteiger partial charge in [0.25, 0.3) is 0 Å². The summed E-state index contributed by atoms with van der Waals surface area (Å²) in [7, 11) is 0. The van der Waals surface area contributed by atoms with Crippen molar-refractivity contribution in [2.75, 3.05) is 5.73 Å². The van der Waals surface area contributed by atoms with Crippen LogP contribution in [0, 0.1) is 0 Å². The van der Waals surface area contributed by atoms with Crippen molar-refractivity contribution in [3.05, 3.63) is 103 Å². The van der Waals surface area contributed by atoms with E-state index in [1.54, 1.807) is 6.20 Å². The number of nitrogens with zero attached hydrogens (tertiary/aromatic N) is 4. The Kier molecular flexibility index (Phi) is 13.3. The van der Waals surface area contributed by atoms with Gasteiger partial charge in [0, 0.05) is 23.5 Å². The fourth-order valence-electron chi connectivity index (χ4n) is 4.62. The Bertz CT molecular complexity index is 1550. The van der Waals surface area contributed by atoms with E-state index in [1.807, 2.05) is 42.5 Å². The predicted molar refractivity (Wildman–Crippen MR) is 180 cm³/mol. The fraction of sp³-hybridized carbons (Fsp3) is 0.278. The second-order valence-electron chi connectivity index (χ2n) is 10.2. The Hall–Kier alpha value is -4.62. The molecule has 0 aliphatic rings. The second-order valence-corrected chi connectivity index (χ2v) is 10.2. The Labute approximate surface area is 255 Å². The number of anilines is 1. The van der Waals surface area contributed by atoms with Gasteiger partial charge in [-0.3, -0.25) is 9.36 Å². The molecule has 7 nitrogen and oxygen atoms in total. The van der Waals surface area contributed by atoms with Crippen LogP contribution >= 0.6 is 0 Å². The minimum absolute atomic E-state index is 0.447. The Morgan fingerprint density at radius 2 is 1.60 bits per heavy atom. The second kappa shape index (κ2) is 17.4. The summed E-state index contributed by atoms with van der Waals surface area (Å²) in [5.74, 6) is 1.18. The average molecular weight is 577 g/mol. The highest BCUT2D eigenvalue weighted by molar-refractivity contribution is 5.84. The van der Waals surface area contributed by atoms with Gasteiger partial charge in [0.05, 0.1) is 11.3 Å². The number of rotatable bonds is 10. The van der Waals surface area contributed by atoms with Crippen molar-refractivity contribution in [3.63, 3.8) is 0 Å². The molecule has 0 aliphatic heterocycles. The van der Waals surface area contributed by atoms with Crippen LogP contribution in [0.3, 0.4) is 0 Å². The van der Waals surface area contributed by atoms with E-state index in [0.29, 0.717) is 18.1 Å². The molecular weight excluding hydrogens is 532 g/mol. The van der Waals surface area contributed by atoms with Crippen LogP contribution in [0.1, 0.15) is 58.4 Å². The fourth-order valence-corrected chi connectivity index (χ4v) is 4.62. The molecule has 0 radical (unpaired) electrons. The van der Waals surface area contributed by atoms with E-state index in [4.69, 9.17) is 26.2 Å². The molecule has 224 valence electrons. The van der Waals surface area contributed by atoms with Crippen molar-refractivity contribution in [1.82, 2.24) is 19.5 Å². The number of carbonyl (C=O) groups is 1. The van der Waals surface area contributed by atoms with E-state index >= 15 is 0 Å². The zero-order valence-corrected chi connectivity index (χ0v) is 25.6. The lowest BCUT2D eigenvalue weighted by Crippen LogP contribution is -2.18. The maximum atomic E-state index is 9.06. The third kappa shape index (κ3) is 9.18. The number of hydrogen-bond acceptors (Lipinski definition) is 6. The molecule has 3 aromatic heterocycles. The van der Waals surface area contributed by atoms with Gasteiger partial charge in [-0.1, -0.05) is 89.1 Å². The number of allylic oxidation sites excluding steroid dienone is 1. The quantitative estimate of drug-likeness (QED) is 0.129. The lowest BCUT2D eigenvalue weighted by Gasteiger charge is -2.11. The van der Waals surface area contributed by atoms with E-state index in [0.717, 1.165) is 45.9 Å². The Morgan fingerprint density at radius 1 is 0.884 bits per heavy atom. The van der Waals surface area contributed by atoms with Crippen molar-refractivity contribution in [2.24, 2.45) is 5.73 Å². The summed E-state index contributed by atoms with van der Waals surface area (Å²) >= 11 is 0. The smallest absolute Gasteiger partial charge is 0.165 e. The number of aryl methyl sites for hydroxylation is 1. The standard InChI is InChI=1S/C25H21N5.C8H19N.C3H4O/c1-2-17-10-12-19(13-11-17)30-24(20-9-6-16-27-23(20)26)29-22-15-14-21(28-25(22)30)18-7-4-3-5-8-18;1-3-5-7-8(9)6-4-2;1-2-3-4/h3-16H,2H2,1H3,(H2,26,27);8H,3-7,9H2,1-2H3;2-3H,1H2. The van der Waals surface area contributed by atoms with Gasteiger partial charge in [0.1, 0.15) is 17.6 Å². The van der Waals surface area contributed by atoms with Gasteiger partial charge in [0.2, 0.25) is 0 Å². The van der Waals surface area contributed by atoms with Gasteiger partial charge in [-0.25, -0.2) is 15.0 Å². The summed E-state index contributed by atoms with van der Waals surface area (Å²) in [5.41, 5.74) is 18.6. The number of imidazole rings is 1. The molecule has 1 unspecified atom stereocenters. The summed E-state index contributed by atoms with van der Waals surface area (Å²) < 4.78 is 2.06. The minimum Gasteiger partial charge on any atom is -0.383 e. The van der Waals surface area contributed by atoms with Gasteiger partial charge in [-0.05, 0) is 67.3 Å². The molecule has 1 atom stereocenters. The van der Waals surface area contributed by atoms with Gasteiger partial charge in [0.15, 0.2) is 11.5 Å². The molecule has 0 spiro atoms. The first-order chi connectivity index (χ1) is 21.0. The molecule has 43 heavy (non-hydrogen) atoms. The van der Waals surface area contributed by atoms with E-state index < -0.39 is 0 Å². The molecule has 7 heteroatoms. The van der Waals surface area contributed by atoms with Crippen LogP contribution in [0.15, 0.2) is 97.7 Å². The number of nitrogen functional groups attached to an aromatic ring is 1. The predicted octanol–water partition coefficient (Wildman–Crippen LogP) is 7.97. The zero-order chi connectivity index (χ0) is 31.0. The summed E-state index contributed by atoms with van der Waals surface area (Å²) in [6.45, 7) is 9.65. The van der Waals surface area contributed by atoms with Crippen LogP contribution < -0.4 is 11.5 Å². The lowest BCUT2D eigenvalue weighted by molar-refractivity contribution is -0.104. The highest BCUT2D eigenvalue weighted by Crippen LogP contribution is 2.31. The van der Waals surface area contributed by atoms with Crippen LogP contribution in [0.5, 0.6) is 0 Å². The van der Waals surface area contributed by atoms with Crippen LogP contribution in [-0.4, -0.2) is 31.8 Å². The maximum Gasteiger partial charge on any atom is 0.165 e. The lowest BCUT2D eigenvalue weighted by atomic mass is 10.1. The zero-order valence-electron chi connectivity index (χ0n) is 25.6. The van der Waals surface area contributed by atoms with Crippen molar-refractivity contribution in [1.29, 1.82) is 0 Å². The first-order valence-electron chi connectivity index (χ1n) is 15.0. The third-order valence-corrected chi connectivity index (χ3v) is 6.94. The average Bonchev–Trinajstić information content (AvgIpc) is 3.43. The molecular formula is C36H44N6O. The molecule has 5 rings (SSSR count). The molecule has 5 aromatic rings. The van der Waals surface area contributed by atoms with Crippen molar-refractivity contribution in [3.8, 4) is 28.3 Å². The highest BCUT2D eigenvalue weighted by atomic mass is 16.1. The maximum absolute atomic E-state index is 9.06. The highest BCUT2D eigenvalue weighted by Gasteiger charge is 2.18. The number of aldehydes is 1. The number of nitrogens with two attached hydrogens (primary N) is 2. The normalized spacial score (nSPS) is 11.1. The van der Waals surface area contributed by atoms with Crippen molar-refractivity contribution >= 4 is 23.3 Å². The first kappa shape index (κ1) is 32.9. The summed E-state index contributed by atoms with van der Waals surface area (Å²) in [6, 6.07) is 26.9. The number of aromatic nitrogens is 4. The van der Waals surface area contributed by atoms with E-state index in [-0.39, 0.29) is 0 Å². The Balaban J connectivity index is 0.000000329. The Morgan fingerprint density at radius 3 is 2.21 bits per heavy atom. The van der Waals surface area contributed by atoms with Gasteiger partial charge >= 0.3 is 0 Å². The summed E-state index contributed by atoms with van der Waals surface area (Å²) in [4.78, 5) is 23.2. The number of carbonyl (C=O) groups excluding carboxylic acids is 1. The number of unbranched alkanes of at least 4 members (excludes halogenated alkanes) is 1. The van der Waals surface area contributed by atoms with Crippen LogP contribution in [0.2, 0.25) is 0 Å². The van der Waals surface area contributed by atoms with Gasteiger partial charge in [-0.15, -0.1) is 0 Å². The molecule has 0 saturated heterocycles. The van der Waals surface area contributed by atoms with Gasteiger partial charge < -0.3 is 11.5 Å². The van der Waals surface area contributed by atoms with Crippen LogP contribution in [0.4, 0.5) is 5.82 Å². The molecule has 0 bridgehead atoms. The molecule has 2 aromatic carbocycles. The van der Waals surface area contributed by atoms with Crippen LogP contribution in [0.25, 0.3) is 39.5 Å². The van der Waals surface area contributed by atoms with E-state index in [9.17, 15) is 0 Å². The third-order valence-electron chi connectivity index (χ3n) is 6.94. The molecule has 3 heterocycles. The van der Waals surface area contributed by atoms with E-state index in [2.05, 4.69) is 73.3 Å². The largest absolute Gasteiger partial charge is 0.383 e. The minimum atomic E-state index is 0.447. The van der Waals surface area contributed by atoms with E-state index in [1.165, 1.54) is 43.7 Å². The monoisotopic (exact) mass is 576 g/mol. The molecule has 0 amide bonds. The SMILES string of the molecule is C=CC=O.CCCCC(N)CCC.CCc1ccc(-n2c(-c3cccnc3N)nc3ccc(-c4ccccc4)nc32)cc1. The van der Waals surface area contributed by atoms with Crippen LogP contribution in [-0.2, 0) is 11.2 Å². The molecule has 0 aliphatic carbocycles. The topological polar surface area (TPSA) is 113 Å². The number of pyridine rings is 2. The summed E-state index contributed by atoms with van der Waals surface area (Å²) in [5, 5.41) is 0. The molecule has 4 N–H and O–H groups in total. The van der Waals surface area contributed by atoms with Crippen molar-refractivity contribution < 1.29 is 4.79 Å². The number of benzene rings is 2. The van der Waals surface area contributed by atoms with Crippen molar-refractivity contribution in [2.45, 2.75) is 65.3 Å². The molecule has 0 saturated carbocycles. The van der Waals surface area contributed by atoms with Gasteiger partial charge in [-0.2, -0.15) is 0 Å². The summed E-state index contributed by atoms with van der Waals surface area (Å²) in [6.07, 6.45) is 10.7. The first-order valence-corrected chi connectivity index (χ1v) is 15.0. The molecule has 0 fully saturated rings. The number of hydrogen-bond donors (Lipinski definition) is 2.